The topological polar surface area (TPSA) is 38.3 Å². The molecular formula is C19H22ClNO2. The van der Waals surface area contributed by atoms with Crippen molar-refractivity contribution in [2.75, 3.05) is 11.9 Å². The number of amides is 1. The van der Waals surface area contributed by atoms with Crippen LogP contribution >= 0.6 is 11.6 Å². The van der Waals surface area contributed by atoms with Gasteiger partial charge >= 0.3 is 0 Å². The normalized spacial score (nSPS) is 10.7. The molecule has 1 N–H and O–H groups in total. The van der Waals surface area contributed by atoms with Crippen molar-refractivity contribution in [1.82, 2.24) is 0 Å². The lowest BCUT2D eigenvalue weighted by Gasteiger charge is -2.16. The molecule has 3 nitrogen and oxygen atoms in total. The highest BCUT2D eigenvalue weighted by molar-refractivity contribution is 6.31. The molecule has 0 spiro atoms. The van der Waals surface area contributed by atoms with Crippen molar-refractivity contribution in [3.05, 3.63) is 58.1 Å². The molecule has 0 bridgehead atoms. The van der Waals surface area contributed by atoms with Crippen molar-refractivity contribution in [1.29, 1.82) is 0 Å². The second-order valence-electron chi connectivity index (χ2n) is 5.95. The van der Waals surface area contributed by atoms with Crippen LogP contribution < -0.4 is 10.1 Å². The molecule has 0 aliphatic carbocycles. The molecule has 0 aromatic heterocycles. The van der Waals surface area contributed by atoms with E-state index in [1.165, 1.54) is 0 Å². The van der Waals surface area contributed by atoms with Gasteiger partial charge in [-0.3, -0.25) is 4.79 Å². The van der Waals surface area contributed by atoms with E-state index in [2.05, 4.69) is 19.2 Å². The maximum absolute atomic E-state index is 12.1. The number of ether oxygens (including phenoxy) is 1. The van der Waals surface area contributed by atoms with E-state index in [1.54, 1.807) is 0 Å². The molecule has 0 radical (unpaired) electrons. The SMILES string of the molecule is Cc1cc(OCC(=O)Nc2ccccc2C)c(C(C)C)cc1Cl. The maximum atomic E-state index is 12.1. The molecule has 2 rings (SSSR count). The summed E-state index contributed by atoms with van der Waals surface area (Å²) in [7, 11) is 0. The minimum Gasteiger partial charge on any atom is -0.483 e. The highest BCUT2D eigenvalue weighted by Crippen LogP contribution is 2.32. The fourth-order valence-electron chi connectivity index (χ4n) is 2.29. The van der Waals surface area contributed by atoms with E-state index in [0.717, 1.165) is 22.4 Å². The summed E-state index contributed by atoms with van der Waals surface area (Å²) in [5.41, 5.74) is 3.76. The first-order chi connectivity index (χ1) is 10.9. The molecule has 0 fully saturated rings. The summed E-state index contributed by atoms with van der Waals surface area (Å²) in [5.74, 6) is 0.797. The van der Waals surface area contributed by atoms with E-state index in [1.807, 2.05) is 50.2 Å². The molecule has 23 heavy (non-hydrogen) atoms. The number of carbonyl (C=O) groups is 1. The Morgan fingerprint density at radius 3 is 2.52 bits per heavy atom. The van der Waals surface area contributed by atoms with Crippen LogP contribution in [0.25, 0.3) is 0 Å². The van der Waals surface area contributed by atoms with Crippen LogP contribution in [0, 0.1) is 13.8 Å². The molecule has 0 heterocycles. The van der Waals surface area contributed by atoms with Gasteiger partial charge in [-0.2, -0.15) is 0 Å². The molecule has 0 aliphatic rings. The lowest BCUT2D eigenvalue weighted by molar-refractivity contribution is -0.118. The second-order valence-corrected chi connectivity index (χ2v) is 6.35. The number of aryl methyl sites for hydroxylation is 2. The highest BCUT2D eigenvalue weighted by Gasteiger charge is 2.13. The summed E-state index contributed by atoms with van der Waals surface area (Å²) >= 11 is 6.18. The number of hydrogen-bond acceptors (Lipinski definition) is 2. The molecule has 0 unspecified atom stereocenters. The van der Waals surface area contributed by atoms with Crippen LogP contribution in [0.1, 0.15) is 36.5 Å². The standard InChI is InChI=1S/C19H22ClNO2/c1-12(2)15-10-16(20)14(4)9-18(15)23-11-19(22)21-17-8-6-5-7-13(17)3/h5-10,12H,11H2,1-4H3,(H,21,22). The number of nitrogens with one attached hydrogen (secondary N) is 1. The number of rotatable bonds is 5. The number of hydrogen-bond donors (Lipinski definition) is 1. The second kappa shape index (κ2) is 7.51. The largest absolute Gasteiger partial charge is 0.483 e. The number of anilines is 1. The Balaban J connectivity index is 2.07. The molecule has 0 saturated carbocycles. The molecular weight excluding hydrogens is 310 g/mol. The Bertz CT molecular complexity index is 711. The van der Waals surface area contributed by atoms with E-state index in [9.17, 15) is 4.79 Å². The van der Waals surface area contributed by atoms with Gasteiger partial charge in [-0.1, -0.05) is 43.6 Å². The van der Waals surface area contributed by atoms with Crippen molar-refractivity contribution in [2.24, 2.45) is 0 Å². The fourth-order valence-corrected chi connectivity index (χ4v) is 2.46. The molecule has 1 amide bonds. The maximum Gasteiger partial charge on any atom is 0.262 e. The van der Waals surface area contributed by atoms with Gasteiger partial charge in [0.25, 0.3) is 5.91 Å². The summed E-state index contributed by atoms with van der Waals surface area (Å²) in [6, 6.07) is 11.5. The van der Waals surface area contributed by atoms with Gasteiger partial charge in [0.1, 0.15) is 5.75 Å². The molecule has 2 aromatic carbocycles. The lowest BCUT2D eigenvalue weighted by atomic mass is 10.0. The van der Waals surface area contributed by atoms with Crippen LogP contribution in [0.15, 0.2) is 36.4 Å². The number of benzene rings is 2. The Hall–Kier alpha value is -2.00. The van der Waals surface area contributed by atoms with Crippen LogP contribution in [0.4, 0.5) is 5.69 Å². The first-order valence-corrected chi connectivity index (χ1v) is 8.04. The minimum absolute atomic E-state index is 0.0326. The monoisotopic (exact) mass is 331 g/mol. The van der Waals surface area contributed by atoms with E-state index in [0.29, 0.717) is 10.8 Å². The fraction of sp³-hybridized carbons (Fsp3) is 0.316. The zero-order valence-electron chi connectivity index (χ0n) is 13.9. The third-order valence-electron chi connectivity index (χ3n) is 3.69. The van der Waals surface area contributed by atoms with Crippen molar-refractivity contribution in [3.63, 3.8) is 0 Å². The summed E-state index contributed by atoms with van der Waals surface area (Å²) in [5, 5.41) is 3.58. The Morgan fingerprint density at radius 1 is 1.17 bits per heavy atom. The van der Waals surface area contributed by atoms with Crippen LogP contribution in [0.2, 0.25) is 5.02 Å². The average molecular weight is 332 g/mol. The quantitative estimate of drug-likeness (QED) is 0.828. The zero-order valence-corrected chi connectivity index (χ0v) is 14.7. The van der Waals surface area contributed by atoms with Gasteiger partial charge in [-0.05, 0) is 54.7 Å². The first kappa shape index (κ1) is 17.4. The van der Waals surface area contributed by atoms with Gasteiger partial charge in [0, 0.05) is 10.7 Å². The highest BCUT2D eigenvalue weighted by atomic mass is 35.5. The number of carbonyl (C=O) groups excluding carboxylic acids is 1. The zero-order chi connectivity index (χ0) is 17.0. The average Bonchev–Trinajstić information content (AvgIpc) is 2.50. The number of halogens is 1. The summed E-state index contributed by atoms with van der Waals surface area (Å²) in [6.07, 6.45) is 0. The smallest absolute Gasteiger partial charge is 0.262 e. The Kier molecular flexibility index (Phi) is 5.67. The van der Waals surface area contributed by atoms with Crippen LogP contribution in [0.5, 0.6) is 5.75 Å². The van der Waals surface area contributed by atoms with Gasteiger partial charge < -0.3 is 10.1 Å². The van der Waals surface area contributed by atoms with Gasteiger partial charge in [-0.25, -0.2) is 0 Å². The van der Waals surface area contributed by atoms with Gasteiger partial charge in [-0.15, -0.1) is 0 Å². The third-order valence-corrected chi connectivity index (χ3v) is 4.10. The molecule has 2 aromatic rings. The van der Waals surface area contributed by atoms with Crippen molar-refractivity contribution < 1.29 is 9.53 Å². The minimum atomic E-state index is -0.179. The van der Waals surface area contributed by atoms with Gasteiger partial charge in [0.2, 0.25) is 0 Å². The predicted molar refractivity (Wildman–Crippen MR) is 95.6 cm³/mol. The summed E-state index contributed by atoms with van der Waals surface area (Å²) < 4.78 is 5.74. The third kappa shape index (κ3) is 4.49. The molecule has 0 saturated heterocycles. The van der Waals surface area contributed by atoms with Gasteiger partial charge in [0.05, 0.1) is 0 Å². The van der Waals surface area contributed by atoms with Crippen LogP contribution in [0.3, 0.4) is 0 Å². The van der Waals surface area contributed by atoms with E-state index in [4.69, 9.17) is 16.3 Å². The molecule has 4 heteroatoms. The van der Waals surface area contributed by atoms with Crippen LogP contribution in [-0.4, -0.2) is 12.5 Å². The molecule has 0 aliphatic heterocycles. The lowest BCUT2D eigenvalue weighted by Crippen LogP contribution is -2.21. The van der Waals surface area contributed by atoms with E-state index < -0.39 is 0 Å². The summed E-state index contributed by atoms with van der Waals surface area (Å²) in [4.78, 5) is 12.1. The Morgan fingerprint density at radius 2 is 1.87 bits per heavy atom. The van der Waals surface area contributed by atoms with Gasteiger partial charge in [0.15, 0.2) is 6.61 Å². The van der Waals surface area contributed by atoms with Crippen molar-refractivity contribution >= 4 is 23.2 Å². The first-order valence-electron chi connectivity index (χ1n) is 7.66. The van der Waals surface area contributed by atoms with E-state index in [-0.39, 0.29) is 18.4 Å². The molecule has 122 valence electrons. The summed E-state index contributed by atoms with van der Waals surface area (Å²) in [6.45, 7) is 7.99. The van der Waals surface area contributed by atoms with Crippen molar-refractivity contribution in [3.8, 4) is 5.75 Å². The van der Waals surface area contributed by atoms with Crippen molar-refractivity contribution in [2.45, 2.75) is 33.6 Å². The van der Waals surface area contributed by atoms with E-state index >= 15 is 0 Å². The number of para-hydroxylation sites is 1. The molecule has 0 atom stereocenters. The van der Waals surface area contributed by atoms with Crippen LogP contribution in [-0.2, 0) is 4.79 Å². The predicted octanol–water partition coefficient (Wildman–Crippen LogP) is 5.10. The Labute approximate surface area is 142 Å².